The van der Waals surface area contributed by atoms with Gasteiger partial charge >= 0.3 is 30.4 Å². The molecule has 12 atom stereocenters. The van der Waals surface area contributed by atoms with Crippen molar-refractivity contribution in [1.82, 2.24) is 31.9 Å². The number of hydrogen-bond donors (Lipinski definition) is 10. The van der Waals surface area contributed by atoms with Crippen molar-refractivity contribution in [3.8, 4) is 0 Å². The molecule has 0 aromatic heterocycles. The predicted octanol–water partition coefficient (Wildman–Crippen LogP) is 0.937. The van der Waals surface area contributed by atoms with Crippen molar-refractivity contribution in [2.24, 2.45) is 5.92 Å². The van der Waals surface area contributed by atoms with E-state index in [2.05, 4.69) is 26.6 Å². The molecule has 1 unspecified atom stereocenters. The second kappa shape index (κ2) is 25.0. The summed E-state index contributed by atoms with van der Waals surface area (Å²) < 4.78 is 74.1. The molecule has 1 saturated heterocycles. The van der Waals surface area contributed by atoms with E-state index in [1.54, 1.807) is 26.1 Å². The number of amides is 5. The van der Waals surface area contributed by atoms with Gasteiger partial charge in [0.25, 0.3) is 17.3 Å². The minimum absolute atomic E-state index is 0.252. The predicted molar refractivity (Wildman–Crippen MR) is 247 cm³/mol. The summed E-state index contributed by atoms with van der Waals surface area (Å²) in [5, 5.41) is 82.8. The Labute approximate surface area is 425 Å². The lowest BCUT2D eigenvalue weighted by atomic mass is 9.72. The summed E-state index contributed by atoms with van der Waals surface area (Å²) in [6.07, 6.45) is -19.3. The molecule has 30 heteroatoms. The minimum atomic E-state index is -5.33. The highest BCUT2D eigenvalue weighted by Crippen LogP contribution is 2.38. The summed E-state index contributed by atoms with van der Waals surface area (Å²) in [4.78, 5) is 86.4. The van der Waals surface area contributed by atoms with E-state index in [4.69, 9.17) is 28.4 Å². The van der Waals surface area contributed by atoms with Gasteiger partial charge in [-0.3, -0.25) is 29.8 Å². The Balaban J connectivity index is 1.54. The van der Waals surface area contributed by atoms with Crippen LogP contribution in [0.15, 0.2) is 60.4 Å². The first-order chi connectivity index (χ1) is 35.1. The third kappa shape index (κ3) is 16.5. The number of nitro benzene ring substituents is 2. The van der Waals surface area contributed by atoms with Crippen LogP contribution in [0.4, 0.5) is 38.9 Å². The number of halogens is 3. The summed E-state index contributed by atoms with van der Waals surface area (Å²) in [6.45, 7) is 3.03. The number of alkyl halides is 3. The summed E-state index contributed by atoms with van der Waals surface area (Å²) in [7, 11) is 1.41. The van der Waals surface area contributed by atoms with Crippen molar-refractivity contribution >= 4 is 41.5 Å². The molecule has 2 fully saturated rings. The van der Waals surface area contributed by atoms with Crippen LogP contribution in [0.3, 0.4) is 0 Å². The number of rotatable bonds is 18. The van der Waals surface area contributed by atoms with Crippen LogP contribution < -0.4 is 31.9 Å². The van der Waals surface area contributed by atoms with Gasteiger partial charge in [-0.05, 0) is 89.1 Å². The molecule has 75 heavy (non-hydrogen) atoms. The highest BCUT2D eigenvalue weighted by molar-refractivity contribution is 5.82. The monoisotopic (exact) mass is 1070 g/mol. The number of nitrogens with zero attached hydrogens (tertiary/aromatic N) is 2. The molecule has 2 aromatic carbocycles. The first kappa shape index (κ1) is 58.9. The molecule has 5 rings (SSSR count). The summed E-state index contributed by atoms with van der Waals surface area (Å²) >= 11 is 0. The number of hydrogen-bond acceptors (Lipinski definition) is 20. The number of nitro groups is 2. The van der Waals surface area contributed by atoms with Crippen LogP contribution in [0, 0.1) is 26.1 Å². The molecule has 5 amide bonds. The molecule has 0 radical (unpaired) electrons. The van der Waals surface area contributed by atoms with E-state index in [0.717, 1.165) is 24.3 Å². The number of carbonyl (C=O) groups is 5. The van der Waals surface area contributed by atoms with E-state index < -0.39 is 164 Å². The van der Waals surface area contributed by atoms with Crippen molar-refractivity contribution in [2.75, 3.05) is 26.7 Å². The van der Waals surface area contributed by atoms with Crippen molar-refractivity contribution < 1.29 is 95.8 Å². The molecular weight excluding hydrogens is 1010 g/mol. The Bertz CT molecular complexity index is 2390. The van der Waals surface area contributed by atoms with Gasteiger partial charge in [-0.1, -0.05) is 0 Å². The Morgan fingerprint density at radius 2 is 1.37 bits per heavy atom. The third-order valence-corrected chi connectivity index (χ3v) is 12.0. The van der Waals surface area contributed by atoms with Crippen LogP contribution in [-0.2, 0) is 51.2 Å². The van der Waals surface area contributed by atoms with E-state index in [-0.39, 0.29) is 29.1 Å². The molecule has 1 aliphatic carbocycles. The van der Waals surface area contributed by atoms with Crippen LogP contribution in [0.5, 0.6) is 0 Å². The normalized spacial score (nSPS) is 27.2. The molecule has 0 bridgehead atoms. The maximum absolute atomic E-state index is 13.8. The Morgan fingerprint density at radius 3 is 1.88 bits per heavy atom. The quantitative estimate of drug-likeness (QED) is 0.0564. The molecule has 0 spiro atoms. The number of aliphatic hydroxyl groups excluding tert-OH is 3. The highest BCUT2D eigenvalue weighted by Gasteiger charge is 2.55. The molecule has 10 N–H and O–H groups in total. The topological polar surface area (TPSA) is 380 Å². The highest BCUT2D eigenvalue weighted by atomic mass is 19.4. The number of likely N-dealkylation sites (N-methyl/N-ethyl adjacent to an activating group) is 1. The Morgan fingerprint density at radius 1 is 0.827 bits per heavy atom. The second-order valence-electron chi connectivity index (χ2n) is 18.9. The maximum atomic E-state index is 13.8. The van der Waals surface area contributed by atoms with Crippen LogP contribution >= 0.6 is 0 Å². The number of benzene rings is 2. The fraction of sp³-hybridized carbons (Fsp3) is 0.578. The van der Waals surface area contributed by atoms with E-state index in [0.29, 0.717) is 5.56 Å². The number of non-ortho nitro benzene ring substituents is 2. The number of ether oxygens (including phenoxy) is 6. The van der Waals surface area contributed by atoms with Gasteiger partial charge in [-0.15, -0.1) is 0 Å². The van der Waals surface area contributed by atoms with E-state index in [1.165, 1.54) is 44.3 Å². The smallest absolute Gasteiger partial charge is 0.471 e. The molecule has 27 nitrogen and oxygen atoms in total. The number of aliphatic hydroxyl groups is 4. The van der Waals surface area contributed by atoms with Crippen LogP contribution in [0.25, 0.3) is 0 Å². The molecule has 414 valence electrons. The van der Waals surface area contributed by atoms with Gasteiger partial charge in [0.05, 0.1) is 53.8 Å². The van der Waals surface area contributed by atoms with Crippen molar-refractivity contribution in [3.63, 3.8) is 0 Å². The lowest BCUT2D eigenvalue weighted by Crippen LogP contribution is -2.70. The number of nitrogens with one attached hydrogen (secondary N) is 6. The maximum Gasteiger partial charge on any atom is 0.471 e. The molecule has 2 heterocycles. The SMILES string of the molecule is CN[C@@H]1[C@@H](O)[C@@H](O[C@@H]2[C@@H](O)[C@H](C3OC(CNC(=O)C(F)(F)F)=CC[C@H]3NC(=O)OCc3ccc([N+](=O)[O-])cc3)[C@@H](NC(=O)OCc3ccc([N+](=O)[O-])cc3)C[C@H]2NC(=O)[C@@H](O)CNC(=O)OC(C)(C)C)OC[C@]1(C)O. The zero-order chi connectivity index (χ0) is 55.6. The first-order valence-electron chi connectivity index (χ1n) is 23.1. The number of carbonyl (C=O) groups excluding carboxylic acids is 5. The van der Waals surface area contributed by atoms with Gasteiger partial charge in [0.1, 0.15) is 54.6 Å². The van der Waals surface area contributed by atoms with E-state index >= 15 is 0 Å². The summed E-state index contributed by atoms with van der Waals surface area (Å²) in [6, 6.07) is 4.31. The zero-order valence-electron chi connectivity index (χ0n) is 40.9. The largest absolute Gasteiger partial charge is 0.491 e. The van der Waals surface area contributed by atoms with Gasteiger partial charge in [-0.25, -0.2) is 14.4 Å². The lowest BCUT2D eigenvalue weighted by Gasteiger charge is -2.51. The average molecular weight is 1070 g/mol. The van der Waals surface area contributed by atoms with Crippen molar-refractivity contribution in [1.29, 1.82) is 0 Å². The standard InChI is InChI=1S/C45H59F3N8O19/c1-43(2,3)75-40(62)51-18-30(57)37(60)52-29-16-28(54-42(64)71-20-23-8-12-25(13-9-23)56(68)69)31(32(58)35(29)74-38-33(59)36(49-5)44(4,65)21-72-38)34-27(15-14-26(73-34)17-50-39(61)45(46,47)48)53-41(63)70-19-22-6-10-24(11-7-22)55(66)67/h6-14,27-36,38,49,57-59,65H,15-21H2,1-5H3,(H,50,61)(H,51,62)(H,52,60)(H,53,63)(H,54,64)/t27-,28+,29-,30+,31-,32+,33-,34?,35+,36-,38-,44+/m1/s1. The average Bonchev–Trinajstić information content (AvgIpc) is 3.32. The van der Waals surface area contributed by atoms with Crippen molar-refractivity contribution in [2.45, 2.75) is 132 Å². The Hall–Kier alpha value is -6.96. The van der Waals surface area contributed by atoms with E-state index in [9.17, 15) is 77.8 Å². The zero-order valence-corrected chi connectivity index (χ0v) is 40.9. The van der Waals surface area contributed by atoms with Crippen LogP contribution in [-0.4, -0.2) is 165 Å². The van der Waals surface area contributed by atoms with Gasteiger partial charge < -0.3 is 80.7 Å². The van der Waals surface area contributed by atoms with Gasteiger partial charge in [-0.2, -0.15) is 13.2 Å². The van der Waals surface area contributed by atoms with E-state index in [1.807, 2.05) is 0 Å². The van der Waals surface area contributed by atoms with Crippen LogP contribution in [0.1, 0.15) is 51.7 Å². The molecule has 2 aliphatic heterocycles. The summed E-state index contributed by atoms with van der Waals surface area (Å²) in [5.74, 6) is -5.50. The summed E-state index contributed by atoms with van der Waals surface area (Å²) in [5.41, 5.74) is -2.60. The minimum Gasteiger partial charge on any atom is -0.491 e. The fourth-order valence-electron chi connectivity index (χ4n) is 8.42. The third-order valence-electron chi connectivity index (χ3n) is 12.0. The fourth-order valence-corrected chi connectivity index (χ4v) is 8.42. The van der Waals surface area contributed by atoms with Gasteiger partial charge in [0.15, 0.2) is 6.29 Å². The molecular formula is C45H59F3N8O19. The number of alkyl carbamates (subject to hydrolysis) is 3. The molecule has 1 saturated carbocycles. The second-order valence-corrected chi connectivity index (χ2v) is 18.9. The lowest BCUT2D eigenvalue weighted by molar-refractivity contribution is -0.385. The molecule has 2 aromatic rings. The first-order valence-corrected chi connectivity index (χ1v) is 23.1. The Kier molecular flexibility index (Phi) is 19.7. The molecule has 3 aliphatic rings. The van der Waals surface area contributed by atoms with Crippen molar-refractivity contribution in [3.05, 3.63) is 91.7 Å². The van der Waals surface area contributed by atoms with Gasteiger partial charge in [0, 0.05) is 36.2 Å². The van der Waals surface area contributed by atoms with Crippen LogP contribution in [0.2, 0.25) is 0 Å². The van der Waals surface area contributed by atoms with Gasteiger partial charge in [0.2, 0.25) is 0 Å².